The molecule has 0 heterocycles. The van der Waals surface area contributed by atoms with Gasteiger partial charge in [0.2, 0.25) is 0 Å². The number of hydrogen-bond acceptors (Lipinski definition) is 3. The maximum atomic E-state index is 11.5. The molecule has 0 atom stereocenters. The van der Waals surface area contributed by atoms with Gasteiger partial charge in [-0.15, -0.1) is 0 Å². The number of esters is 1. The lowest BCUT2D eigenvalue weighted by Crippen LogP contribution is -2.26. The summed E-state index contributed by atoms with van der Waals surface area (Å²) < 4.78 is 5.33. The van der Waals surface area contributed by atoms with E-state index >= 15 is 0 Å². The Morgan fingerprint density at radius 2 is 1.94 bits per heavy atom. The number of carbonyl (C=O) groups excluding carboxylic acids is 1. The van der Waals surface area contributed by atoms with Gasteiger partial charge in [-0.2, -0.15) is 0 Å². The average Bonchev–Trinajstić information content (AvgIpc) is 2.23. The summed E-state index contributed by atoms with van der Waals surface area (Å²) in [5, 5.41) is 0. The molecule has 0 aromatic rings. The van der Waals surface area contributed by atoms with Gasteiger partial charge in [-0.3, -0.25) is 9.79 Å². The Hall–Kier alpha value is -0.860. The third kappa shape index (κ3) is 7.43. The molecular formula is C13H25NO2. The molecule has 0 saturated heterocycles. The fourth-order valence-corrected chi connectivity index (χ4v) is 1.04. The monoisotopic (exact) mass is 227 g/mol. The lowest BCUT2D eigenvalue weighted by molar-refractivity contribution is -0.156. The standard InChI is InChI=1S/C13H25NO2/c1-6-11(3)14-10-8-9-12(15)16-13(4,5)7-2/h6-10H2,1-5H3. The summed E-state index contributed by atoms with van der Waals surface area (Å²) in [4.78, 5) is 15.8. The molecule has 0 aliphatic heterocycles. The van der Waals surface area contributed by atoms with Gasteiger partial charge in [0.05, 0.1) is 0 Å². The molecule has 0 rings (SSSR count). The molecule has 0 saturated carbocycles. The molecule has 0 amide bonds. The van der Waals surface area contributed by atoms with Crippen molar-refractivity contribution in [3.63, 3.8) is 0 Å². The second kappa shape index (κ2) is 7.42. The van der Waals surface area contributed by atoms with Crippen molar-refractivity contribution in [3.8, 4) is 0 Å². The molecule has 0 aliphatic carbocycles. The topological polar surface area (TPSA) is 38.7 Å². The largest absolute Gasteiger partial charge is 0.460 e. The molecule has 0 N–H and O–H groups in total. The summed E-state index contributed by atoms with van der Waals surface area (Å²) in [7, 11) is 0. The van der Waals surface area contributed by atoms with Gasteiger partial charge in [0, 0.05) is 18.7 Å². The van der Waals surface area contributed by atoms with E-state index in [9.17, 15) is 4.79 Å². The highest BCUT2D eigenvalue weighted by atomic mass is 16.6. The molecule has 0 unspecified atom stereocenters. The van der Waals surface area contributed by atoms with Crippen LogP contribution in [0.2, 0.25) is 0 Å². The summed E-state index contributed by atoms with van der Waals surface area (Å²) >= 11 is 0. The third-order valence-corrected chi connectivity index (χ3v) is 2.67. The van der Waals surface area contributed by atoms with Crippen molar-refractivity contribution >= 4 is 11.7 Å². The smallest absolute Gasteiger partial charge is 0.306 e. The van der Waals surface area contributed by atoms with E-state index in [0.29, 0.717) is 6.42 Å². The fourth-order valence-electron chi connectivity index (χ4n) is 1.04. The Bertz CT molecular complexity index is 244. The Morgan fingerprint density at radius 3 is 2.44 bits per heavy atom. The van der Waals surface area contributed by atoms with Crippen molar-refractivity contribution in [2.75, 3.05) is 6.54 Å². The van der Waals surface area contributed by atoms with Crippen LogP contribution in [0.4, 0.5) is 0 Å². The molecule has 94 valence electrons. The zero-order chi connectivity index (χ0) is 12.6. The number of hydrogen-bond donors (Lipinski definition) is 0. The number of carbonyl (C=O) groups is 1. The first-order valence-corrected chi connectivity index (χ1v) is 6.13. The molecule has 0 radical (unpaired) electrons. The van der Waals surface area contributed by atoms with Crippen LogP contribution in [0, 0.1) is 0 Å². The number of rotatable bonds is 7. The van der Waals surface area contributed by atoms with Gasteiger partial charge in [0.1, 0.15) is 5.60 Å². The van der Waals surface area contributed by atoms with Crippen LogP contribution in [0.3, 0.4) is 0 Å². The first-order valence-electron chi connectivity index (χ1n) is 6.13. The molecular weight excluding hydrogens is 202 g/mol. The average molecular weight is 227 g/mol. The van der Waals surface area contributed by atoms with Crippen molar-refractivity contribution in [3.05, 3.63) is 0 Å². The zero-order valence-electron chi connectivity index (χ0n) is 11.3. The van der Waals surface area contributed by atoms with Crippen molar-refractivity contribution in [1.82, 2.24) is 0 Å². The molecule has 0 fully saturated rings. The number of aliphatic imine (C=N–C) groups is 1. The third-order valence-electron chi connectivity index (χ3n) is 2.67. The molecule has 0 bridgehead atoms. The predicted octanol–water partition coefficient (Wildman–Crippen LogP) is 3.37. The summed E-state index contributed by atoms with van der Waals surface area (Å²) in [5.41, 5.74) is 0.807. The molecule has 0 aliphatic rings. The van der Waals surface area contributed by atoms with Crippen LogP contribution in [0.25, 0.3) is 0 Å². The van der Waals surface area contributed by atoms with Crippen molar-refractivity contribution in [2.45, 2.75) is 65.9 Å². The van der Waals surface area contributed by atoms with Gasteiger partial charge in [0.15, 0.2) is 0 Å². The van der Waals surface area contributed by atoms with Crippen LogP contribution in [0.5, 0.6) is 0 Å². The van der Waals surface area contributed by atoms with E-state index in [1.54, 1.807) is 0 Å². The SMILES string of the molecule is CCC(C)=NCCCC(=O)OC(C)(C)CC. The van der Waals surface area contributed by atoms with Crippen molar-refractivity contribution < 1.29 is 9.53 Å². The Balaban J connectivity index is 3.75. The minimum Gasteiger partial charge on any atom is -0.460 e. The summed E-state index contributed by atoms with van der Waals surface area (Å²) in [5.74, 6) is -0.115. The molecule has 0 spiro atoms. The first-order chi connectivity index (χ1) is 7.41. The van der Waals surface area contributed by atoms with E-state index in [-0.39, 0.29) is 11.6 Å². The second-order valence-electron chi connectivity index (χ2n) is 4.66. The van der Waals surface area contributed by atoms with E-state index < -0.39 is 0 Å². The fraction of sp³-hybridized carbons (Fsp3) is 0.846. The lowest BCUT2D eigenvalue weighted by atomic mass is 10.1. The van der Waals surface area contributed by atoms with E-state index in [0.717, 1.165) is 31.5 Å². The molecule has 0 aromatic carbocycles. The predicted molar refractivity (Wildman–Crippen MR) is 68.0 cm³/mol. The lowest BCUT2D eigenvalue weighted by Gasteiger charge is -2.23. The highest BCUT2D eigenvalue weighted by molar-refractivity contribution is 5.81. The first kappa shape index (κ1) is 15.1. The Kier molecular flexibility index (Phi) is 7.02. The van der Waals surface area contributed by atoms with Crippen LogP contribution >= 0.6 is 0 Å². The van der Waals surface area contributed by atoms with E-state index in [4.69, 9.17) is 4.74 Å². The van der Waals surface area contributed by atoms with Crippen LogP contribution < -0.4 is 0 Å². The van der Waals surface area contributed by atoms with Crippen LogP contribution in [0.1, 0.15) is 60.3 Å². The molecule has 3 nitrogen and oxygen atoms in total. The van der Waals surface area contributed by atoms with Crippen molar-refractivity contribution in [2.24, 2.45) is 4.99 Å². The highest BCUT2D eigenvalue weighted by Gasteiger charge is 2.19. The number of nitrogens with zero attached hydrogens (tertiary/aromatic N) is 1. The van der Waals surface area contributed by atoms with E-state index in [1.807, 2.05) is 27.7 Å². The Morgan fingerprint density at radius 1 is 1.31 bits per heavy atom. The Labute approximate surface area is 99.3 Å². The van der Waals surface area contributed by atoms with E-state index in [1.165, 1.54) is 0 Å². The minimum atomic E-state index is -0.334. The zero-order valence-corrected chi connectivity index (χ0v) is 11.3. The van der Waals surface area contributed by atoms with Gasteiger partial charge < -0.3 is 4.74 Å². The molecule has 3 heteroatoms. The second-order valence-corrected chi connectivity index (χ2v) is 4.66. The highest BCUT2D eigenvalue weighted by Crippen LogP contribution is 2.14. The van der Waals surface area contributed by atoms with E-state index in [2.05, 4.69) is 11.9 Å². The van der Waals surface area contributed by atoms with Gasteiger partial charge in [-0.25, -0.2) is 0 Å². The maximum Gasteiger partial charge on any atom is 0.306 e. The normalized spacial score (nSPS) is 12.7. The van der Waals surface area contributed by atoms with Gasteiger partial charge in [-0.05, 0) is 40.0 Å². The molecule has 0 aromatic heterocycles. The van der Waals surface area contributed by atoms with Gasteiger partial charge >= 0.3 is 5.97 Å². The minimum absolute atomic E-state index is 0.115. The number of ether oxygens (including phenoxy) is 1. The molecule has 16 heavy (non-hydrogen) atoms. The quantitative estimate of drug-likeness (QED) is 0.380. The summed E-state index contributed by atoms with van der Waals surface area (Å²) in [6.45, 7) is 10.7. The van der Waals surface area contributed by atoms with Crippen LogP contribution in [-0.4, -0.2) is 23.8 Å². The summed E-state index contributed by atoms with van der Waals surface area (Å²) in [6, 6.07) is 0. The summed E-state index contributed by atoms with van der Waals surface area (Å²) in [6.07, 6.45) is 3.05. The van der Waals surface area contributed by atoms with Gasteiger partial charge in [0.25, 0.3) is 0 Å². The maximum absolute atomic E-state index is 11.5. The van der Waals surface area contributed by atoms with Crippen LogP contribution in [-0.2, 0) is 9.53 Å². The van der Waals surface area contributed by atoms with Gasteiger partial charge in [-0.1, -0.05) is 13.8 Å². The van der Waals surface area contributed by atoms with Crippen LogP contribution in [0.15, 0.2) is 4.99 Å². The van der Waals surface area contributed by atoms with Crippen molar-refractivity contribution in [1.29, 1.82) is 0 Å².